The smallest absolute Gasteiger partial charge is 0.158 e. The largest absolute Gasteiger partial charge is 0.374 e. The topological polar surface area (TPSA) is 62.0 Å². The Morgan fingerprint density at radius 3 is 2.81 bits per heavy atom. The summed E-state index contributed by atoms with van der Waals surface area (Å²) >= 11 is 6.04. The van der Waals surface area contributed by atoms with E-state index in [-0.39, 0.29) is 0 Å². The van der Waals surface area contributed by atoms with Crippen LogP contribution >= 0.6 is 11.6 Å². The molecule has 0 aliphatic carbocycles. The van der Waals surface area contributed by atoms with E-state index in [0.717, 1.165) is 5.69 Å². The van der Waals surface area contributed by atoms with Crippen molar-refractivity contribution in [3.8, 4) is 6.07 Å². The highest BCUT2D eigenvalue weighted by molar-refractivity contribution is 6.29. The van der Waals surface area contributed by atoms with Gasteiger partial charge in [-0.05, 0) is 19.1 Å². The Morgan fingerprint density at radius 1 is 1.33 bits per heavy atom. The van der Waals surface area contributed by atoms with E-state index < -0.39 is 0 Å². The molecule has 0 N–H and O–H groups in total. The molecule has 1 heterocycles. The van der Waals surface area contributed by atoms with Crippen molar-refractivity contribution in [2.75, 3.05) is 18.6 Å². The lowest BCUT2D eigenvalue weighted by molar-refractivity contribution is 0.128. The van der Waals surface area contributed by atoms with Gasteiger partial charge >= 0.3 is 0 Å². The fraction of sp³-hybridized carbons (Fsp3) is 0.267. The summed E-state index contributed by atoms with van der Waals surface area (Å²) < 4.78 is 5.31. The fourth-order valence-corrected chi connectivity index (χ4v) is 2.06. The van der Waals surface area contributed by atoms with E-state index >= 15 is 0 Å². The lowest BCUT2D eigenvalue weighted by Gasteiger charge is -2.20. The Hall–Kier alpha value is -2.16. The zero-order valence-electron chi connectivity index (χ0n) is 11.9. The number of ether oxygens (including phenoxy) is 1. The summed E-state index contributed by atoms with van der Waals surface area (Å²) in [6.45, 7) is 2.79. The molecule has 0 saturated carbocycles. The van der Waals surface area contributed by atoms with Crippen LogP contribution in [0.3, 0.4) is 0 Å². The van der Waals surface area contributed by atoms with Crippen LogP contribution in [0.25, 0.3) is 0 Å². The number of halogens is 1. The Balaban J connectivity index is 2.36. The first-order chi connectivity index (χ1) is 10.2. The molecule has 0 saturated heterocycles. The summed E-state index contributed by atoms with van der Waals surface area (Å²) in [6.07, 6.45) is 0. The second-order valence-corrected chi connectivity index (χ2v) is 4.68. The van der Waals surface area contributed by atoms with E-state index in [4.69, 9.17) is 16.3 Å². The highest BCUT2D eigenvalue weighted by Crippen LogP contribution is 2.26. The average Bonchev–Trinajstić information content (AvgIpc) is 2.51. The van der Waals surface area contributed by atoms with Crippen LogP contribution in [0, 0.1) is 11.3 Å². The molecule has 0 amide bonds. The number of nitriles is 1. The average molecular weight is 303 g/mol. The molecule has 1 aromatic carbocycles. The molecule has 1 aromatic heterocycles. The minimum Gasteiger partial charge on any atom is -0.374 e. The Labute approximate surface area is 128 Å². The molecule has 0 radical (unpaired) electrons. The van der Waals surface area contributed by atoms with E-state index in [0.29, 0.717) is 35.6 Å². The van der Waals surface area contributed by atoms with Crippen LogP contribution in [0.1, 0.15) is 18.3 Å². The van der Waals surface area contributed by atoms with E-state index in [1.54, 1.807) is 12.1 Å². The maximum atomic E-state index is 9.18. The van der Waals surface area contributed by atoms with Gasteiger partial charge < -0.3 is 9.64 Å². The number of nitrogens with zero attached hydrogens (tertiary/aromatic N) is 4. The maximum Gasteiger partial charge on any atom is 0.158 e. The normalized spacial score (nSPS) is 10.2. The Bertz CT molecular complexity index is 669. The highest BCUT2D eigenvalue weighted by Gasteiger charge is 2.12. The summed E-state index contributed by atoms with van der Waals surface area (Å²) in [4.78, 5) is 10.4. The molecule has 2 aromatic rings. The summed E-state index contributed by atoms with van der Waals surface area (Å²) in [6, 6.07) is 11.1. The van der Waals surface area contributed by atoms with Gasteiger partial charge in [-0.15, -0.1) is 0 Å². The predicted octanol–water partition coefficient (Wildman–Crippen LogP) is 3.31. The third-order valence-corrected chi connectivity index (χ3v) is 3.09. The third kappa shape index (κ3) is 3.69. The second kappa shape index (κ2) is 7.02. The second-order valence-electron chi connectivity index (χ2n) is 4.29. The van der Waals surface area contributed by atoms with Crippen molar-refractivity contribution < 1.29 is 4.74 Å². The van der Waals surface area contributed by atoms with Gasteiger partial charge in [-0.2, -0.15) is 5.26 Å². The number of rotatable bonds is 5. The van der Waals surface area contributed by atoms with Crippen molar-refractivity contribution in [2.45, 2.75) is 13.5 Å². The number of para-hydroxylation sites is 1. The van der Waals surface area contributed by atoms with E-state index in [1.807, 2.05) is 37.1 Å². The molecule has 0 unspecified atom stereocenters. The molecule has 0 bridgehead atoms. The van der Waals surface area contributed by atoms with Gasteiger partial charge in [0.2, 0.25) is 0 Å². The van der Waals surface area contributed by atoms with Crippen molar-refractivity contribution >= 4 is 23.1 Å². The predicted molar refractivity (Wildman–Crippen MR) is 81.6 cm³/mol. The zero-order chi connectivity index (χ0) is 15.2. The lowest BCUT2D eigenvalue weighted by atomic mass is 10.2. The standard InChI is InChI=1S/C15H15ClN4O/c1-3-21-10-14-18-13(16)8-15(19-14)20(2)12-7-5-4-6-11(12)9-17/h4-8H,3,10H2,1-2H3. The molecule has 0 aliphatic heterocycles. The third-order valence-electron chi connectivity index (χ3n) is 2.89. The molecular formula is C15H15ClN4O. The number of benzene rings is 1. The van der Waals surface area contributed by atoms with Gasteiger partial charge in [0.05, 0.1) is 11.3 Å². The SMILES string of the molecule is CCOCc1nc(Cl)cc(N(C)c2ccccc2C#N)n1. The van der Waals surface area contributed by atoms with Gasteiger partial charge in [0.15, 0.2) is 5.82 Å². The minimum absolute atomic E-state index is 0.303. The fourth-order valence-electron chi connectivity index (χ4n) is 1.87. The van der Waals surface area contributed by atoms with Crippen LogP contribution < -0.4 is 4.90 Å². The molecule has 0 aliphatic rings. The zero-order valence-corrected chi connectivity index (χ0v) is 12.6. The Kier molecular flexibility index (Phi) is 5.09. The van der Waals surface area contributed by atoms with E-state index in [1.165, 1.54) is 0 Å². The summed E-state index contributed by atoms with van der Waals surface area (Å²) in [5.74, 6) is 1.13. The lowest BCUT2D eigenvalue weighted by Crippen LogP contribution is -2.14. The number of aromatic nitrogens is 2. The number of anilines is 2. The molecule has 6 heteroatoms. The van der Waals surface area contributed by atoms with Crippen LogP contribution in [0.15, 0.2) is 30.3 Å². The molecule has 5 nitrogen and oxygen atoms in total. The maximum absolute atomic E-state index is 9.18. The van der Waals surface area contributed by atoms with Gasteiger partial charge in [0.1, 0.15) is 23.6 Å². The van der Waals surface area contributed by atoms with Gasteiger partial charge in [0.25, 0.3) is 0 Å². The minimum atomic E-state index is 0.303. The molecule has 0 atom stereocenters. The monoisotopic (exact) mass is 302 g/mol. The van der Waals surface area contributed by atoms with Gasteiger partial charge in [-0.25, -0.2) is 9.97 Å². The van der Waals surface area contributed by atoms with Crippen LogP contribution in [0.5, 0.6) is 0 Å². The molecular weight excluding hydrogens is 288 g/mol. The molecule has 108 valence electrons. The van der Waals surface area contributed by atoms with Crippen LogP contribution in [0.4, 0.5) is 11.5 Å². The van der Waals surface area contributed by atoms with Crippen LogP contribution in [-0.2, 0) is 11.3 Å². The molecule has 2 rings (SSSR count). The molecule has 0 spiro atoms. The number of hydrogen-bond donors (Lipinski definition) is 0. The first-order valence-corrected chi connectivity index (χ1v) is 6.87. The number of hydrogen-bond acceptors (Lipinski definition) is 5. The van der Waals surface area contributed by atoms with Crippen molar-refractivity contribution in [3.63, 3.8) is 0 Å². The van der Waals surface area contributed by atoms with Crippen molar-refractivity contribution in [3.05, 3.63) is 46.9 Å². The molecule has 0 fully saturated rings. The summed E-state index contributed by atoms with van der Waals surface area (Å²) in [7, 11) is 1.83. The first-order valence-electron chi connectivity index (χ1n) is 6.49. The van der Waals surface area contributed by atoms with Gasteiger partial charge in [0, 0.05) is 19.7 Å². The van der Waals surface area contributed by atoms with Crippen LogP contribution in [0.2, 0.25) is 5.15 Å². The van der Waals surface area contributed by atoms with Crippen LogP contribution in [-0.4, -0.2) is 23.6 Å². The van der Waals surface area contributed by atoms with Crippen molar-refractivity contribution in [1.82, 2.24) is 9.97 Å². The quantitative estimate of drug-likeness (QED) is 0.793. The van der Waals surface area contributed by atoms with E-state index in [9.17, 15) is 5.26 Å². The van der Waals surface area contributed by atoms with Crippen molar-refractivity contribution in [2.24, 2.45) is 0 Å². The first kappa shape index (κ1) is 15.2. The highest BCUT2D eigenvalue weighted by atomic mass is 35.5. The Morgan fingerprint density at radius 2 is 2.10 bits per heavy atom. The molecule has 21 heavy (non-hydrogen) atoms. The van der Waals surface area contributed by atoms with E-state index in [2.05, 4.69) is 16.0 Å². The van der Waals surface area contributed by atoms with Crippen molar-refractivity contribution in [1.29, 1.82) is 5.26 Å². The van der Waals surface area contributed by atoms with Gasteiger partial charge in [-0.1, -0.05) is 23.7 Å². The van der Waals surface area contributed by atoms with Gasteiger partial charge in [-0.3, -0.25) is 0 Å². The summed E-state index contributed by atoms with van der Waals surface area (Å²) in [5.41, 5.74) is 1.33. The summed E-state index contributed by atoms with van der Waals surface area (Å²) in [5, 5.41) is 9.53.